The first-order chi connectivity index (χ1) is 7.55. The SMILES string of the molecule is CC1(C)CCc2cc(C3CC3N)ccc2O1. The van der Waals surface area contributed by atoms with Crippen LogP contribution in [0.2, 0.25) is 0 Å². The number of hydrogen-bond acceptors (Lipinski definition) is 2. The molecule has 1 aliphatic heterocycles. The Kier molecular flexibility index (Phi) is 2.05. The van der Waals surface area contributed by atoms with Crippen LogP contribution in [0, 0.1) is 0 Å². The second-order valence-corrected chi connectivity index (χ2v) is 5.73. The van der Waals surface area contributed by atoms with Crippen molar-refractivity contribution in [1.82, 2.24) is 0 Å². The van der Waals surface area contributed by atoms with Crippen molar-refractivity contribution in [2.75, 3.05) is 0 Å². The highest BCUT2D eigenvalue weighted by molar-refractivity contribution is 5.42. The Bertz CT molecular complexity index is 425. The molecule has 2 atom stereocenters. The summed E-state index contributed by atoms with van der Waals surface area (Å²) in [4.78, 5) is 0. The lowest BCUT2D eigenvalue weighted by molar-refractivity contribution is 0.0846. The third kappa shape index (κ3) is 1.71. The Morgan fingerprint density at radius 3 is 2.81 bits per heavy atom. The number of benzene rings is 1. The minimum atomic E-state index is -0.00942. The van der Waals surface area contributed by atoms with E-state index in [1.807, 2.05) is 0 Å². The van der Waals surface area contributed by atoms with E-state index in [0.717, 1.165) is 25.0 Å². The molecule has 1 aromatic rings. The van der Waals surface area contributed by atoms with Gasteiger partial charge in [-0.1, -0.05) is 12.1 Å². The molecule has 0 saturated heterocycles. The van der Waals surface area contributed by atoms with Gasteiger partial charge in [0.25, 0.3) is 0 Å². The van der Waals surface area contributed by atoms with E-state index in [1.165, 1.54) is 11.1 Å². The van der Waals surface area contributed by atoms with Gasteiger partial charge >= 0.3 is 0 Å². The van der Waals surface area contributed by atoms with Crippen molar-refractivity contribution in [1.29, 1.82) is 0 Å². The number of aryl methyl sites for hydroxylation is 1. The molecule has 1 aromatic carbocycles. The smallest absolute Gasteiger partial charge is 0.123 e. The van der Waals surface area contributed by atoms with Crippen molar-refractivity contribution in [3.8, 4) is 5.75 Å². The van der Waals surface area contributed by atoms with Crippen LogP contribution in [0.15, 0.2) is 18.2 Å². The van der Waals surface area contributed by atoms with Crippen molar-refractivity contribution in [2.24, 2.45) is 5.73 Å². The molecular formula is C14H19NO. The van der Waals surface area contributed by atoms with Gasteiger partial charge in [0.2, 0.25) is 0 Å². The van der Waals surface area contributed by atoms with Gasteiger partial charge in [-0.15, -0.1) is 0 Å². The van der Waals surface area contributed by atoms with Crippen LogP contribution < -0.4 is 10.5 Å². The summed E-state index contributed by atoms with van der Waals surface area (Å²) in [6.45, 7) is 4.31. The molecule has 2 N–H and O–H groups in total. The Hall–Kier alpha value is -1.02. The van der Waals surface area contributed by atoms with Crippen LogP contribution in [0.5, 0.6) is 5.75 Å². The summed E-state index contributed by atoms with van der Waals surface area (Å²) in [6.07, 6.45) is 3.36. The van der Waals surface area contributed by atoms with Crippen molar-refractivity contribution >= 4 is 0 Å². The van der Waals surface area contributed by atoms with Gasteiger partial charge in [0, 0.05) is 12.0 Å². The van der Waals surface area contributed by atoms with E-state index >= 15 is 0 Å². The van der Waals surface area contributed by atoms with Crippen molar-refractivity contribution in [3.05, 3.63) is 29.3 Å². The highest BCUT2D eigenvalue weighted by Gasteiger charge is 2.35. The summed E-state index contributed by atoms with van der Waals surface area (Å²) in [7, 11) is 0. The second-order valence-electron chi connectivity index (χ2n) is 5.73. The molecule has 1 aliphatic carbocycles. The van der Waals surface area contributed by atoms with Gasteiger partial charge in [-0.05, 0) is 50.3 Å². The summed E-state index contributed by atoms with van der Waals surface area (Å²) >= 11 is 0. The molecule has 2 aliphatic rings. The van der Waals surface area contributed by atoms with Crippen LogP contribution in [0.1, 0.15) is 43.7 Å². The number of fused-ring (bicyclic) bond motifs is 1. The Labute approximate surface area is 96.8 Å². The van der Waals surface area contributed by atoms with Gasteiger partial charge in [-0.2, -0.15) is 0 Å². The molecule has 2 nitrogen and oxygen atoms in total. The molecule has 3 rings (SSSR count). The van der Waals surface area contributed by atoms with Gasteiger partial charge < -0.3 is 10.5 Å². The summed E-state index contributed by atoms with van der Waals surface area (Å²) in [5.74, 6) is 1.66. The van der Waals surface area contributed by atoms with Crippen LogP contribution in [0.25, 0.3) is 0 Å². The molecule has 2 heteroatoms. The standard InChI is InChI=1S/C14H19NO/c1-14(2)6-5-10-7-9(11-8-12(11)15)3-4-13(10)16-14/h3-4,7,11-12H,5-6,8,15H2,1-2H3. The van der Waals surface area contributed by atoms with Crippen molar-refractivity contribution in [3.63, 3.8) is 0 Å². The van der Waals surface area contributed by atoms with Crippen LogP contribution in [0.3, 0.4) is 0 Å². The number of ether oxygens (including phenoxy) is 1. The molecule has 0 amide bonds. The van der Waals surface area contributed by atoms with E-state index < -0.39 is 0 Å². The van der Waals surface area contributed by atoms with Crippen LogP contribution in [-0.2, 0) is 6.42 Å². The molecule has 0 aromatic heterocycles. The molecule has 2 unspecified atom stereocenters. The molecule has 0 spiro atoms. The summed E-state index contributed by atoms with van der Waals surface area (Å²) < 4.78 is 5.97. The Morgan fingerprint density at radius 2 is 2.12 bits per heavy atom. The van der Waals surface area contributed by atoms with E-state index in [9.17, 15) is 0 Å². The van der Waals surface area contributed by atoms with Crippen LogP contribution >= 0.6 is 0 Å². The fourth-order valence-electron chi connectivity index (χ4n) is 2.51. The summed E-state index contributed by atoms with van der Waals surface area (Å²) in [5, 5.41) is 0. The minimum Gasteiger partial charge on any atom is -0.488 e. The van der Waals surface area contributed by atoms with Crippen molar-refractivity contribution < 1.29 is 4.74 Å². The largest absolute Gasteiger partial charge is 0.488 e. The second kappa shape index (κ2) is 3.24. The molecule has 0 bridgehead atoms. The topological polar surface area (TPSA) is 35.2 Å². The number of hydrogen-bond donors (Lipinski definition) is 1. The molecule has 1 saturated carbocycles. The van der Waals surface area contributed by atoms with E-state index in [-0.39, 0.29) is 5.60 Å². The zero-order valence-electron chi connectivity index (χ0n) is 9.99. The molecule has 1 heterocycles. The lowest BCUT2D eigenvalue weighted by atomic mass is 9.92. The highest BCUT2D eigenvalue weighted by Crippen LogP contribution is 2.42. The highest BCUT2D eigenvalue weighted by atomic mass is 16.5. The third-order valence-corrected chi connectivity index (χ3v) is 3.74. The van der Waals surface area contributed by atoms with E-state index in [0.29, 0.717) is 12.0 Å². The van der Waals surface area contributed by atoms with Crippen molar-refractivity contribution in [2.45, 2.75) is 50.7 Å². The minimum absolute atomic E-state index is 0.00942. The Balaban J connectivity index is 1.89. The average molecular weight is 217 g/mol. The fourth-order valence-corrected chi connectivity index (χ4v) is 2.51. The predicted molar refractivity (Wildman–Crippen MR) is 64.8 cm³/mol. The van der Waals surface area contributed by atoms with Gasteiger partial charge in [-0.3, -0.25) is 0 Å². The van der Waals surface area contributed by atoms with E-state index in [4.69, 9.17) is 10.5 Å². The third-order valence-electron chi connectivity index (χ3n) is 3.74. The maximum Gasteiger partial charge on any atom is 0.123 e. The first-order valence-corrected chi connectivity index (χ1v) is 6.13. The monoisotopic (exact) mass is 217 g/mol. The number of rotatable bonds is 1. The maximum atomic E-state index is 5.97. The Morgan fingerprint density at radius 1 is 1.38 bits per heavy atom. The zero-order chi connectivity index (χ0) is 11.3. The van der Waals surface area contributed by atoms with Gasteiger partial charge in [-0.25, -0.2) is 0 Å². The van der Waals surface area contributed by atoms with Gasteiger partial charge in [0.15, 0.2) is 0 Å². The normalized spacial score (nSPS) is 30.4. The first-order valence-electron chi connectivity index (χ1n) is 6.13. The van der Waals surface area contributed by atoms with Gasteiger partial charge in [0.05, 0.1) is 0 Å². The maximum absolute atomic E-state index is 5.97. The predicted octanol–water partition coefficient (Wildman–Crippen LogP) is 2.60. The zero-order valence-corrected chi connectivity index (χ0v) is 9.99. The lowest BCUT2D eigenvalue weighted by Crippen LogP contribution is -2.32. The van der Waals surface area contributed by atoms with Gasteiger partial charge in [0.1, 0.15) is 11.4 Å². The van der Waals surface area contributed by atoms with Crippen LogP contribution in [0.4, 0.5) is 0 Å². The fraction of sp³-hybridized carbons (Fsp3) is 0.571. The van der Waals surface area contributed by atoms with E-state index in [1.54, 1.807) is 0 Å². The lowest BCUT2D eigenvalue weighted by Gasteiger charge is -2.32. The first kappa shape index (κ1) is 10.2. The average Bonchev–Trinajstić information content (AvgIpc) is 2.94. The summed E-state index contributed by atoms with van der Waals surface area (Å²) in [6, 6.07) is 6.98. The molecular weight excluding hydrogens is 198 g/mol. The molecule has 0 radical (unpaired) electrons. The quantitative estimate of drug-likeness (QED) is 0.784. The number of nitrogens with two attached hydrogens (primary N) is 1. The van der Waals surface area contributed by atoms with Crippen LogP contribution in [-0.4, -0.2) is 11.6 Å². The molecule has 1 fully saturated rings. The molecule has 16 heavy (non-hydrogen) atoms. The van der Waals surface area contributed by atoms with E-state index in [2.05, 4.69) is 32.0 Å². The summed E-state index contributed by atoms with van der Waals surface area (Å²) in [5.41, 5.74) is 8.63. The molecule has 86 valence electrons.